The van der Waals surface area contributed by atoms with Crippen molar-refractivity contribution in [3.8, 4) is 0 Å². The SMILES string of the molecule is CCCC(CCC)(C(=O)NCc1ccc(Br)cc1)C(N)=S. The monoisotopic (exact) mass is 370 g/mol. The second kappa shape index (κ2) is 8.49. The molecule has 3 N–H and O–H groups in total. The fourth-order valence-corrected chi connectivity index (χ4v) is 3.08. The van der Waals surface area contributed by atoms with Gasteiger partial charge in [0.2, 0.25) is 5.91 Å². The molecule has 0 saturated heterocycles. The molecule has 0 atom stereocenters. The summed E-state index contributed by atoms with van der Waals surface area (Å²) in [6, 6.07) is 7.87. The van der Waals surface area contributed by atoms with Crippen molar-refractivity contribution in [1.29, 1.82) is 0 Å². The maximum absolute atomic E-state index is 12.6. The van der Waals surface area contributed by atoms with Crippen LogP contribution in [-0.4, -0.2) is 10.9 Å². The summed E-state index contributed by atoms with van der Waals surface area (Å²) in [6.07, 6.45) is 3.15. The molecule has 0 unspecified atom stereocenters. The van der Waals surface area contributed by atoms with Gasteiger partial charge in [0.1, 0.15) is 0 Å². The van der Waals surface area contributed by atoms with Crippen molar-refractivity contribution in [1.82, 2.24) is 5.32 Å². The van der Waals surface area contributed by atoms with E-state index in [1.807, 2.05) is 38.1 Å². The molecule has 116 valence electrons. The highest BCUT2D eigenvalue weighted by atomic mass is 79.9. The van der Waals surface area contributed by atoms with E-state index in [1.54, 1.807) is 0 Å². The van der Waals surface area contributed by atoms with Crippen LogP contribution >= 0.6 is 28.1 Å². The molecule has 1 aromatic rings. The lowest BCUT2D eigenvalue weighted by Gasteiger charge is -2.31. The summed E-state index contributed by atoms with van der Waals surface area (Å²) in [5.41, 5.74) is 6.24. The predicted octanol–water partition coefficient (Wildman–Crippen LogP) is 3.94. The molecular weight excluding hydrogens is 348 g/mol. The average Bonchev–Trinajstić information content (AvgIpc) is 2.45. The fraction of sp³-hybridized carbons (Fsp3) is 0.500. The van der Waals surface area contributed by atoms with E-state index < -0.39 is 5.41 Å². The third kappa shape index (κ3) is 4.78. The molecule has 0 aliphatic rings. The molecule has 1 aromatic carbocycles. The first-order valence-electron chi connectivity index (χ1n) is 7.29. The molecule has 21 heavy (non-hydrogen) atoms. The number of carbonyl (C=O) groups excluding carboxylic acids is 1. The lowest BCUT2D eigenvalue weighted by atomic mass is 9.78. The molecule has 0 saturated carbocycles. The molecule has 0 fully saturated rings. The molecular formula is C16H23BrN2OS. The van der Waals surface area contributed by atoms with Crippen LogP contribution in [0.3, 0.4) is 0 Å². The molecule has 0 bridgehead atoms. The van der Waals surface area contributed by atoms with E-state index in [9.17, 15) is 4.79 Å². The Labute approximate surface area is 140 Å². The Bertz CT molecular complexity index is 482. The highest BCUT2D eigenvalue weighted by Gasteiger charge is 2.39. The number of amides is 1. The first kappa shape index (κ1) is 18.1. The molecule has 0 aliphatic heterocycles. The van der Waals surface area contributed by atoms with Crippen LogP contribution < -0.4 is 11.1 Å². The Balaban J connectivity index is 2.80. The second-order valence-corrected chi connectivity index (χ2v) is 6.61. The van der Waals surface area contributed by atoms with Crippen LogP contribution in [0.4, 0.5) is 0 Å². The van der Waals surface area contributed by atoms with Gasteiger partial charge in [-0.25, -0.2) is 0 Å². The van der Waals surface area contributed by atoms with Crippen LogP contribution in [0.5, 0.6) is 0 Å². The third-order valence-electron chi connectivity index (χ3n) is 3.63. The highest BCUT2D eigenvalue weighted by Crippen LogP contribution is 2.31. The summed E-state index contributed by atoms with van der Waals surface area (Å²) < 4.78 is 1.02. The van der Waals surface area contributed by atoms with Crippen molar-refractivity contribution < 1.29 is 4.79 Å². The topological polar surface area (TPSA) is 55.1 Å². The van der Waals surface area contributed by atoms with E-state index in [0.29, 0.717) is 24.4 Å². The van der Waals surface area contributed by atoms with Crippen molar-refractivity contribution in [2.24, 2.45) is 11.1 Å². The Hall–Kier alpha value is -0.940. The molecule has 0 spiro atoms. The van der Waals surface area contributed by atoms with Gasteiger partial charge in [-0.3, -0.25) is 4.79 Å². The highest BCUT2D eigenvalue weighted by molar-refractivity contribution is 9.10. The maximum Gasteiger partial charge on any atom is 0.233 e. The first-order valence-corrected chi connectivity index (χ1v) is 8.49. The largest absolute Gasteiger partial charge is 0.392 e. The number of rotatable bonds is 8. The smallest absolute Gasteiger partial charge is 0.233 e. The minimum atomic E-state index is -0.714. The third-order valence-corrected chi connectivity index (χ3v) is 4.55. The first-order chi connectivity index (χ1) is 9.96. The lowest BCUT2D eigenvalue weighted by Crippen LogP contribution is -2.48. The van der Waals surface area contributed by atoms with Gasteiger partial charge in [0.15, 0.2) is 0 Å². The zero-order valence-electron chi connectivity index (χ0n) is 12.6. The summed E-state index contributed by atoms with van der Waals surface area (Å²) in [4.78, 5) is 12.9. The molecule has 1 amide bonds. The molecule has 1 rings (SSSR count). The molecule has 0 aliphatic carbocycles. The van der Waals surface area contributed by atoms with Gasteiger partial charge < -0.3 is 11.1 Å². The number of benzene rings is 1. The maximum atomic E-state index is 12.6. The van der Waals surface area contributed by atoms with Gasteiger partial charge in [-0.15, -0.1) is 0 Å². The molecule has 0 aromatic heterocycles. The van der Waals surface area contributed by atoms with Gasteiger partial charge in [0, 0.05) is 11.0 Å². The number of halogens is 1. The van der Waals surface area contributed by atoms with Crippen LogP contribution in [0.2, 0.25) is 0 Å². The number of nitrogens with two attached hydrogens (primary N) is 1. The zero-order valence-corrected chi connectivity index (χ0v) is 15.0. The summed E-state index contributed by atoms with van der Waals surface area (Å²) in [5.74, 6) is -0.0541. The van der Waals surface area contributed by atoms with Crippen molar-refractivity contribution in [3.05, 3.63) is 34.3 Å². The standard InChI is InChI=1S/C16H23BrN2OS/c1-3-9-16(10-4-2,14(18)21)15(20)19-11-12-5-7-13(17)8-6-12/h5-8H,3-4,9-11H2,1-2H3,(H2,18,21)(H,19,20). The van der Waals surface area contributed by atoms with E-state index in [2.05, 4.69) is 21.2 Å². The number of hydrogen-bond donors (Lipinski definition) is 2. The van der Waals surface area contributed by atoms with Crippen molar-refractivity contribution in [2.75, 3.05) is 0 Å². The minimum absolute atomic E-state index is 0.0541. The van der Waals surface area contributed by atoms with Gasteiger partial charge in [0.25, 0.3) is 0 Å². The summed E-state index contributed by atoms with van der Waals surface area (Å²) in [5, 5.41) is 2.99. The van der Waals surface area contributed by atoms with Crippen molar-refractivity contribution in [3.63, 3.8) is 0 Å². The van der Waals surface area contributed by atoms with Gasteiger partial charge in [-0.1, -0.05) is 67.0 Å². The van der Waals surface area contributed by atoms with Gasteiger partial charge >= 0.3 is 0 Å². The Kier molecular flexibility index (Phi) is 7.32. The predicted molar refractivity (Wildman–Crippen MR) is 95.0 cm³/mol. The molecule has 3 nitrogen and oxygen atoms in total. The van der Waals surface area contributed by atoms with Crippen LogP contribution in [0.1, 0.15) is 45.1 Å². The van der Waals surface area contributed by atoms with Gasteiger partial charge in [0.05, 0.1) is 10.4 Å². The van der Waals surface area contributed by atoms with Crippen LogP contribution in [0.15, 0.2) is 28.7 Å². The van der Waals surface area contributed by atoms with Crippen LogP contribution in [0.25, 0.3) is 0 Å². The van der Waals surface area contributed by atoms with E-state index in [1.165, 1.54) is 0 Å². The molecule has 0 heterocycles. The van der Waals surface area contributed by atoms with E-state index in [-0.39, 0.29) is 5.91 Å². The Morgan fingerprint density at radius 1 is 1.24 bits per heavy atom. The van der Waals surface area contributed by atoms with Crippen LogP contribution in [0, 0.1) is 5.41 Å². The molecule has 5 heteroatoms. The van der Waals surface area contributed by atoms with Crippen LogP contribution in [-0.2, 0) is 11.3 Å². The normalized spacial score (nSPS) is 11.2. The second-order valence-electron chi connectivity index (χ2n) is 5.26. The van der Waals surface area contributed by atoms with E-state index in [0.717, 1.165) is 22.9 Å². The van der Waals surface area contributed by atoms with Gasteiger partial charge in [-0.2, -0.15) is 0 Å². The summed E-state index contributed by atoms with van der Waals surface area (Å²) in [6.45, 7) is 4.58. The van der Waals surface area contributed by atoms with Gasteiger partial charge in [-0.05, 0) is 30.5 Å². The van der Waals surface area contributed by atoms with E-state index >= 15 is 0 Å². The number of carbonyl (C=O) groups is 1. The van der Waals surface area contributed by atoms with Crippen molar-refractivity contribution >= 4 is 39.0 Å². The average molecular weight is 371 g/mol. The zero-order chi connectivity index (χ0) is 15.9. The molecule has 0 radical (unpaired) electrons. The Morgan fingerprint density at radius 3 is 2.19 bits per heavy atom. The van der Waals surface area contributed by atoms with E-state index in [4.69, 9.17) is 18.0 Å². The fourth-order valence-electron chi connectivity index (χ4n) is 2.52. The van der Waals surface area contributed by atoms with Crippen molar-refractivity contribution in [2.45, 2.75) is 46.1 Å². The summed E-state index contributed by atoms with van der Waals surface area (Å²) in [7, 11) is 0. The number of nitrogens with one attached hydrogen (secondary N) is 1. The minimum Gasteiger partial charge on any atom is -0.392 e. The Morgan fingerprint density at radius 2 is 1.76 bits per heavy atom. The number of thiocarbonyl (C=S) groups is 1. The quantitative estimate of drug-likeness (QED) is 0.681. The lowest BCUT2D eigenvalue weighted by molar-refractivity contribution is -0.128. The number of hydrogen-bond acceptors (Lipinski definition) is 2. The summed E-state index contributed by atoms with van der Waals surface area (Å²) >= 11 is 8.59.